The minimum absolute atomic E-state index is 0.230. The number of hydrogen-bond acceptors (Lipinski definition) is 3. The van der Waals surface area contributed by atoms with Gasteiger partial charge in [-0.05, 0) is 39.0 Å². The molecule has 0 fully saturated rings. The molecule has 0 saturated carbocycles. The van der Waals surface area contributed by atoms with Crippen LogP contribution in [-0.4, -0.2) is 14.8 Å². The van der Waals surface area contributed by atoms with E-state index in [1.54, 1.807) is 0 Å². The molecule has 1 heterocycles. The molecular formula is C13H16BrFN4. The van der Waals surface area contributed by atoms with Gasteiger partial charge in [-0.2, -0.15) is 0 Å². The third-order valence-corrected chi connectivity index (χ3v) is 3.16. The normalized spacial score (nSPS) is 11.9. The van der Waals surface area contributed by atoms with Gasteiger partial charge in [0.25, 0.3) is 0 Å². The van der Waals surface area contributed by atoms with E-state index < -0.39 is 0 Å². The van der Waals surface area contributed by atoms with E-state index in [-0.39, 0.29) is 11.4 Å². The number of halogens is 2. The Balaban J connectivity index is 2.66. The lowest BCUT2D eigenvalue weighted by atomic mass is 10.1. The van der Waals surface area contributed by atoms with Crippen molar-refractivity contribution in [2.24, 2.45) is 5.73 Å². The van der Waals surface area contributed by atoms with Crippen LogP contribution in [0.5, 0.6) is 0 Å². The first-order valence-corrected chi connectivity index (χ1v) is 6.73. The molecule has 0 spiro atoms. The van der Waals surface area contributed by atoms with E-state index >= 15 is 0 Å². The summed E-state index contributed by atoms with van der Waals surface area (Å²) < 4.78 is 16.1. The van der Waals surface area contributed by atoms with Crippen LogP contribution in [0.3, 0.4) is 0 Å². The van der Waals surface area contributed by atoms with Crippen LogP contribution in [0.25, 0.3) is 11.4 Å². The summed E-state index contributed by atoms with van der Waals surface area (Å²) >= 11 is 3.29. The van der Waals surface area contributed by atoms with E-state index in [0.717, 1.165) is 0 Å². The van der Waals surface area contributed by atoms with E-state index in [0.29, 0.717) is 28.2 Å². The number of rotatable bonds is 2. The van der Waals surface area contributed by atoms with Crippen LogP contribution >= 0.6 is 15.9 Å². The Morgan fingerprint density at radius 3 is 2.47 bits per heavy atom. The van der Waals surface area contributed by atoms with Crippen LogP contribution in [0.2, 0.25) is 0 Å². The largest absolute Gasteiger partial charge is 0.324 e. The summed E-state index contributed by atoms with van der Waals surface area (Å²) in [6.45, 7) is 6.40. The standard InChI is InChI=1S/C13H16BrFN4/c1-13(2,3)19-11(7-16)17-18-12(19)8-4-9(14)6-10(15)5-8/h4-6H,7,16H2,1-3H3. The maximum absolute atomic E-state index is 13.5. The van der Waals surface area contributed by atoms with Gasteiger partial charge < -0.3 is 10.3 Å². The molecule has 1 aromatic carbocycles. The van der Waals surface area contributed by atoms with E-state index in [1.165, 1.54) is 12.1 Å². The Morgan fingerprint density at radius 1 is 1.26 bits per heavy atom. The predicted octanol–water partition coefficient (Wildman–Crippen LogP) is 3.06. The molecule has 1 aromatic heterocycles. The van der Waals surface area contributed by atoms with Gasteiger partial charge >= 0.3 is 0 Å². The Morgan fingerprint density at radius 2 is 1.95 bits per heavy atom. The lowest BCUT2D eigenvalue weighted by molar-refractivity contribution is 0.386. The number of aromatic nitrogens is 3. The highest BCUT2D eigenvalue weighted by Crippen LogP contribution is 2.28. The second kappa shape index (κ2) is 5.02. The summed E-state index contributed by atoms with van der Waals surface area (Å²) in [7, 11) is 0. The van der Waals surface area contributed by atoms with Crippen LogP contribution in [0.15, 0.2) is 22.7 Å². The quantitative estimate of drug-likeness (QED) is 0.922. The second-order valence-corrected chi connectivity index (χ2v) is 6.22. The minimum atomic E-state index is -0.317. The molecule has 0 aliphatic carbocycles. The molecule has 2 aromatic rings. The highest BCUT2D eigenvalue weighted by molar-refractivity contribution is 9.10. The topological polar surface area (TPSA) is 56.7 Å². The fraction of sp³-hybridized carbons (Fsp3) is 0.385. The Bertz CT molecular complexity index is 581. The lowest BCUT2D eigenvalue weighted by Gasteiger charge is -2.24. The van der Waals surface area contributed by atoms with Crippen molar-refractivity contribution < 1.29 is 4.39 Å². The van der Waals surface area contributed by atoms with Crippen molar-refractivity contribution in [2.45, 2.75) is 32.9 Å². The SMILES string of the molecule is CC(C)(C)n1c(CN)nnc1-c1cc(F)cc(Br)c1. The van der Waals surface area contributed by atoms with Gasteiger partial charge in [-0.15, -0.1) is 10.2 Å². The Kier molecular flexibility index (Phi) is 3.73. The molecule has 0 aliphatic rings. The third kappa shape index (κ3) is 2.84. The van der Waals surface area contributed by atoms with Gasteiger partial charge in [0, 0.05) is 15.6 Å². The molecule has 0 radical (unpaired) electrons. The van der Waals surface area contributed by atoms with Gasteiger partial charge in [0.05, 0.1) is 6.54 Å². The van der Waals surface area contributed by atoms with Crippen molar-refractivity contribution >= 4 is 15.9 Å². The molecule has 2 N–H and O–H groups in total. The zero-order valence-corrected chi connectivity index (χ0v) is 12.7. The van der Waals surface area contributed by atoms with Crippen LogP contribution in [0, 0.1) is 5.82 Å². The first kappa shape index (κ1) is 14.1. The van der Waals surface area contributed by atoms with Crippen molar-refractivity contribution in [3.8, 4) is 11.4 Å². The zero-order valence-electron chi connectivity index (χ0n) is 11.1. The summed E-state index contributed by atoms with van der Waals surface area (Å²) in [5.74, 6) is 0.984. The monoisotopic (exact) mass is 326 g/mol. The van der Waals surface area contributed by atoms with Crippen molar-refractivity contribution in [1.82, 2.24) is 14.8 Å². The van der Waals surface area contributed by atoms with Crippen LogP contribution in [-0.2, 0) is 12.1 Å². The fourth-order valence-electron chi connectivity index (χ4n) is 2.02. The molecule has 0 unspecified atom stereocenters. The average Bonchev–Trinajstić information content (AvgIpc) is 2.70. The summed E-state index contributed by atoms with van der Waals surface area (Å²) in [5, 5.41) is 8.24. The van der Waals surface area contributed by atoms with Crippen molar-refractivity contribution in [3.63, 3.8) is 0 Å². The molecule has 4 nitrogen and oxygen atoms in total. The maximum Gasteiger partial charge on any atom is 0.164 e. The van der Waals surface area contributed by atoms with Gasteiger partial charge in [-0.3, -0.25) is 0 Å². The van der Waals surface area contributed by atoms with Gasteiger partial charge in [0.1, 0.15) is 11.6 Å². The fourth-order valence-corrected chi connectivity index (χ4v) is 2.49. The van der Waals surface area contributed by atoms with Gasteiger partial charge in [-0.25, -0.2) is 4.39 Å². The third-order valence-electron chi connectivity index (χ3n) is 2.70. The molecule has 0 aliphatic heterocycles. The summed E-state index contributed by atoms with van der Waals surface area (Å²) in [5.41, 5.74) is 6.14. The van der Waals surface area contributed by atoms with Crippen LogP contribution in [0.4, 0.5) is 4.39 Å². The molecule has 19 heavy (non-hydrogen) atoms. The lowest BCUT2D eigenvalue weighted by Crippen LogP contribution is -2.26. The van der Waals surface area contributed by atoms with Crippen LogP contribution in [0.1, 0.15) is 26.6 Å². The highest BCUT2D eigenvalue weighted by Gasteiger charge is 2.23. The van der Waals surface area contributed by atoms with Crippen molar-refractivity contribution in [2.75, 3.05) is 0 Å². The Labute approximate surface area is 120 Å². The van der Waals surface area contributed by atoms with Crippen molar-refractivity contribution in [3.05, 3.63) is 34.3 Å². The van der Waals surface area contributed by atoms with Crippen LogP contribution < -0.4 is 5.73 Å². The Hall–Kier alpha value is -1.27. The number of nitrogens with zero attached hydrogens (tertiary/aromatic N) is 3. The molecule has 6 heteroatoms. The summed E-state index contributed by atoms with van der Waals surface area (Å²) in [4.78, 5) is 0. The predicted molar refractivity (Wildman–Crippen MR) is 76.0 cm³/mol. The number of benzene rings is 1. The number of hydrogen-bond donors (Lipinski definition) is 1. The maximum atomic E-state index is 13.5. The van der Waals surface area contributed by atoms with E-state index in [9.17, 15) is 4.39 Å². The molecule has 102 valence electrons. The first-order chi connectivity index (χ1) is 8.82. The average molecular weight is 327 g/mol. The molecular weight excluding hydrogens is 311 g/mol. The molecule has 0 bridgehead atoms. The highest BCUT2D eigenvalue weighted by atomic mass is 79.9. The summed E-state index contributed by atoms with van der Waals surface area (Å²) in [6.07, 6.45) is 0. The van der Waals surface area contributed by atoms with E-state index in [2.05, 4.69) is 26.1 Å². The molecule has 0 atom stereocenters. The molecule has 0 saturated heterocycles. The van der Waals surface area contributed by atoms with Gasteiger partial charge in [0.2, 0.25) is 0 Å². The van der Waals surface area contributed by atoms with E-state index in [1.807, 2.05) is 31.4 Å². The second-order valence-electron chi connectivity index (χ2n) is 5.31. The molecule has 0 amide bonds. The first-order valence-electron chi connectivity index (χ1n) is 5.94. The minimum Gasteiger partial charge on any atom is -0.324 e. The summed E-state index contributed by atoms with van der Waals surface area (Å²) in [6, 6.07) is 4.66. The van der Waals surface area contributed by atoms with E-state index in [4.69, 9.17) is 5.73 Å². The number of nitrogens with two attached hydrogens (primary N) is 1. The zero-order chi connectivity index (χ0) is 14.2. The van der Waals surface area contributed by atoms with Crippen molar-refractivity contribution in [1.29, 1.82) is 0 Å². The smallest absolute Gasteiger partial charge is 0.164 e. The van der Waals surface area contributed by atoms with Gasteiger partial charge in [-0.1, -0.05) is 15.9 Å². The van der Waals surface area contributed by atoms with Gasteiger partial charge in [0.15, 0.2) is 5.82 Å². The molecule has 2 rings (SSSR count).